The van der Waals surface area contributed by atoms with Gasteiger partial charge in [-0.2, -0.15) is 5.26 Å². The number of aliphatic hydroxyl groups is 1. The number of ether oxygens (including phenoxy) is 1. The Morgan fingerprint density at radius 1 is 1.40 bits per heavy atom. The maximum absolute atomic E-state index is 12.7. The molecule has 7 nitrogen and oxygen atoms in total. The Bertz CT molecular complexity index is 979. The summed E-state index contributed by atoms with van der Waals surface area (Å²) in [5.41, 5.74) is 2.35. The number of hydrogen-bond donors (Lipinski definition) is 2. The van der Waals surface area contributed by atoms with Crippen LogP contribution >= 0.6 is 11.3 Å². The molecule has 3 rings (SSSR count). The lowest BCUT2D eigenvalue weighted by atomic mass is 9.96. The third-order valence-corrected chi connectivity index (χ3v) is 6.39. The fourth-order valence-electron chi connectivity index (χ4n) is 3.72. The van der Waals surface area contributed by atoms with Crippen molar-refractivity contribution in [3.8, 4) is 11.8 Å². The summed E-state index contributed by atoms with van der Waals surface area (Å²) >= 11 is 1.35. The molecule has 1 atom stereocenters. The van der Waals surface area contributed by atoms with Gasteiger partial charge in [-0.3, -0.25) is 9.59 Å². The van der Waals surface area contributed by atoms with Crippen molar-refractivity contribution in [3.63, 3.8) is 0 Å². The summed E-state index contributed by atoms with van der Waals surface area (Å²) < 4.78 is 5.38. The number of thiophene rings is 1. The first-order valence-electron chi connectivity index (χ1n) is 9.84. The molecule has 0 bridgehead atoms. The van der Waals surface area contributed by atoms with Crippen molar-refractivity contribution in [2.75, 3.05) is 25.6 Å². The van der Waals surface area contributed by atoms with Gasteiger partial charge in [-0.05, 0) is 29.5 Å². The zero-order valence-corrected chi connectivity index (χ0v) is 17.9. The van der Waals surface area contributed by atoms with E-state index in [1.54, 1.807) is 12.0 Å². The molecule has 2 heterocycles. The summed E-state index contributed by atoms with van der Waals surface area (Å²) in [6.45, 7) is 2.70. The van der Waals surface area contributed by atoms with Crippen molar-refractivity contribution >= 4 is 28.2 Å². The Labute approximate surface area is 179 Å². The molecule has 2 amide bonds. The summed E-state index contributed by atoms with van der Waals surface area (Å²) in [5.74, 6) is 0.422. The normalized spacial score (nSPS) is 13.9. The number of carbonyl (C=O) groups is 2. The van der Waals surface area contributed by atoms with Crippen LogP contribution in [0, 0.1) is 11.3 Å². The highest BCUT2D eigenvalue weighted by molar-refractivity contribution is 7.16. The Balaban J connectivity index is 1.72. The van der Waals surface area contributed by atoms with Gasteiger partial charge in [0, 0.05) is 24.3 Å². The highest BCUT2D eigenvalue weighted by atomic mass is 32.1. The van der Waals surface area contributed by atoms with Gasteiger partial charge in [0.25, 0.3) is 0 Å². The van der Waals surface area contributed by atoms with E-state index < -0.39 is 0 Å². The number of methoxy groups -OCH3 is 1. The van der Waals surface area contributed by atoms with Crippen LogP contribution in [0.1, 0.15) is 47.3 Å². The molecule has 1 aliphatic heterocycles. The van der Waals surface area contributed by atoms with Crippen molar-refractivity contribution in [3.05, 3.63) is 45.8 Å². The van der Waals surface area contributed by atoms with E-state index in [1.165, 1.54) is 11.3 Å². The maximum Gasteiger partial charge on any atom is 0.225 e. The Morgan fingerprint density at radius 3 is 2.87 bits per heavy atom. The van der Waals surface area contributed by atoms with Crippen LogP contribution in [0.5, 0.6) is 5.75 Å². The number of fused-ring (bicyclic) bond motifs is 1. The molecule has 0 unspecified atom stereocenters. The lowest BCUT2D eigenvalue weighted by molar-refractivity contribution is -0.132. The fraction of sp³-hybridized carbons (Fsp3) is 0.409. The first-order chi connectivity index (χ1) is 14.5. The molecule has 0 fully saturated rings. The van der Waals surface area contributed by atoms with Crippen LogP contribution in [0.15, 0.2) is 24.3 Å². The van der Waals surface area contributed by atoms with Crippen LogP contribution in [-0.2, 0) is 22.6 Å². The number of hydrogen-bond acceptors (Lipinski definition) is 6. The number of nitrogens with one attached hydrogen (secondary N) is 1. The highest BCUT2D eigenvalue weighted by Gasteiger charge is 2.27. The second-order valence-electron chi connectivity index (χ2n) is 7.25. The van der Waals surface area contributed by atoms with Gasteiger partial charge in [0.2, 0.25) is 11.8 Å². The van der Waals surface area contributed by atoms with E-state index in [9.17, 15) is 14.9 Å². The molecule has 1 aromatic carbocycles. The van der Waals surface area contributed by atoms with Gasteiger partial charge in [-0.15, -0.1) is 11.3 Å². The molecule has 0 saturated carbocycles. The minimum atomic E-state index is -0.179. The van der Waals surface area contributed by atoms with E-state index >= 15 is 0 Å². The van der Waals surface area contributed by atoms with E-state index in [4.69, 9.17) is 9.84 Å². The van der Waals surface area contributed by atoms with E-state index in [0.29, 0.717) is 30.1 Å². The van der Waals surface area contributed by atoms with Gasteiger partial charge < -0.3 is 20.1 Å². The van der Waals surface area contributed by atoms with Crippen molar-refractivity contribution in [2.45, 2.75) is 38.6 Å². The number of nitriles is 1. The van der Waals surface area contributed by atoms with Crippen molar-refractivity contribution in [2.24, 2.45) is 0 Å². The molecule has 2 aromatic rings. The van der Waals surface area contributed by atoms with Gasteiger partial charge in [0.15, 0.2) is 0 Å². The molecule has 0 radical (unpaired) electrons. The average Bonchev–Trinajstić information content (AvgIpc) is 3.09. The highest BCUT2D eigenvalue weighted by Crippen LogP contribution is 2.37. The van der Waals surface area contributed by atoms with Crippen LogP contribution in [0.3, 0.4) is 0 Å². The number of nitrogens with zero attached hydrogens (tertiary/aromatic N) is 2. The minimum absolute atomic E-state index is 0.0483. The summed E-state index contributed by atoms with van der Waals surface area (Å²) in [6.07, 6.45) is 0.921. The van der Waals surface area contributed by atoms with Crippen LogP contribution in [0.2, 0.25) is 0 Å². The summed E-state index contributed by atoms with van der Waals surface area (Å²) in [4.78, 5) is 27.4. The second kappa shape index (κ2) is 9.74. The summed E-state index contributed by atoms with van der Waals surface area (Å²) in [6, 6.07) is 9.83. The third kappa shape index (κ3) is 4.64. The van der Waals surface area contributed by atoms with Crippen molar-refractivity contribution in [1.82, 2.24) is 4.90 Å². The lowest BCUT2D eigenvalue weighted by Crippen LogP contribution is -2.35. The molecule has 2 N–H and O–H groups in total. The monoisotopic (exact) mass is 427 g/mol. The number of aliphatic hydroxyl groups excluding tert-OH is 1. The Morgan fingerprint density at radius 2 is 2.17 bits per heavy atom. The smallest absolute Gasteiger partial charge is 0.225 e. The number of carbonyl (C=O) groups excluding carboxylic acids is 2. The number of amides is 2. The topological polar surface area (TPSA) is 103 Å². The number of anilines is 1. The first-order valence-corrected chi connectivity index (χ1v) is 10.7. The van der Waals surface area contributed by atoms with Crippen molar-refractivity contribution in [1.29, 1.82) is 5.26 Å². The Hall–Kier alpha value is -2.89. The molecular formula is C22H25N3O4S. The number of benzene rings is 1. The molecule has 0 aliphatic carbocycles. The molecule has 1 aliphatic rings. The third-order valence-electron chi connectivity index (χ3n) is 5.26. The molecule has 0 spiro atoms. The molecular weight excluding hydrogens is 402 g/mol. The quantitative estimate of drug-likeness (QED) is 0.707. The molecule has 8 heteroatoms. The van der Waals surface area contributed by atoms with Crippen molar-refractivity contribution < 1.29 is 19.4 Å². The minimum Gasteiger partial charge on any atom is -0.496 e. The van der Waals surface area contributed by atoms with Gasteiger partial charge in [0.1, 0.15) is 16.8 Å². The zero-order chi connectivity index (χ0) is 21.7. The standard InChI is InChI=1S/C22H25N3O4S/c1-14(15-5-3-4-6-18(15)29-2)11-20(27)24-22-17(12-23)16-7-9-25(13-19(16)30-22)21(28)8-10-26/h3-6,14,26H,7-11,13H2,1-2H3,(H,24,27)/t14-/m0/s1. The van der Waals surface area contributed by atoms with E-state index in [-0.39, 0.29) is 37.2 Å². The van der Waals surface area contributed by atoms with Crippen LogP contribution in [-0.4, -0.2) is 42.1 Å². The lowest BCUT2D eigenvalue weighted by Gasteiger charge is -2.26. The number of para-hydroxylation sites is 1. The van der Waals surface area contributed by atoms with E-state index in [2.05, 4.69) is 11.4 Å². The SMILES string of the molecule is COc1ccccc1[C@@H](C)CC(=O)Nc1sc2c(c1C#N)CCN(C(=O)CCO)C2. The van der Waals surface area contributed by atoms with Crippen LogP contribution in [0.4, 0.5) is 5.00 Å². The second-order valence-corrected chi connectivity index (χ2v) is 8.36. The first kappa shape index (κ1) is 21.8. The molecule has 158 valence electrons. The zero-order valence-electron chi connectivity index (χ0n) is 17.1. The molecule has 30 heavy (non-hydrogen) atoms. The maximum atomic E-state index is 12.7. The fourth-order valence-corrected chi connectivity index (χ4v) is 4.95. The summed E-state index contributed by atoms with van der Waals surface area (Å²) in [7, 11) is 1.61. The number of rotatable bonds is 7. The van der Waals surface area contributed by atoms with Gasteiger partial charge >= 0.3 is 0 Å². The van der Waals surface area contributed by atoms with Gasteiger partial charge in [-0.25, -0.2) is 0 Å². The Kier molecular flexibility index (Phi) is 7.08. The molecule has 0 saturated heterocycles. The predicted molar refractivity (Wildman–Crippen MR) is 115 cm³/mol. The van der Waals surface area contributed by atoms with Crippen LogP contribution in [0.25, 0.3) is 0 Å². The average molecular weight is 428 g/mol. The largest absolute Gasteiger partial charge is 0.496 e. The van der Waals surface area contributed by atoms with E-state index in [0.717, 1.165) is 21.8 Å². The summed E-state index contributed by atoms with van der Waals surface area (Å²) in [5, 5.41) is 22.1. The predicted octanol–water partition coefficient (Wildman–Crippen LogP) is 3.03. The molecule has 1 aromatic heterocycles. The van der Waals surface area contributed by atoms with Gasteiger partial charge in [-0.1, -0.05) is 25.1 Å². The van der Waals surface area contributed by atoms with Crippen LogP contribution < -0.4 is 10.1 Å². The van der Waals surface area contributed by atoms with Gasteiger partial charge in [0.05, 0.1) is 25.8 Å². The van der Waals surface area contributed by atoms with E-state index in [1.807, 2.05) is 31.2 Å².